The van der Waals surface area contributed by atoms with Crippen LogP contribution in [0, 0.1) is 5.92 Å². The van der Waals surface area contributed by atoms with Crippen LogP contribution < -0.4 is 11.1 Å². The van der Waals surface area contributed by atoms with Gasteiger partial charge in [-0.25, -0.2) is 0 Å². The largest absolute Gasteiger partial charge is 0.381 e. The molecule has 3 N–H and O–H groups in total. The molecule has 5 nitrogen and oxygen atoms in total. The molecule has 18 heavy (non-hydrogen) atoms. The van der Waals surface area contributed by atoms with E-state index in [0.717, 1.165) is 25.9 Å². The fourth-order valence-electron chi connectivity index (χ4n) is 2.80. The van der Waals surface area contributed by atoms with Crippen molar-refractivity contribution in [3.63, 3.8) is 0 Å². The van der Waals surface area contributed by atoms with Crippen LogP contribution in [0.15, 0.2) is 0 Å². The molecule has 1 amide bonds. The summed E-state index contributed by atoms with van der Waals surface area (Å²) in [5, 5.41) is 2.97. The number of ether oxygens (including phenoxy) is 2. The van der Waals surface area contributed by atoms with Crippen molar-refractivity contribution >= 4 is 5.91 Å². The third-order valence-corrected chi connectivity index (χ3v) is 3.83. The molecule has 4 unspecified atom stereocenters. The normalized spacial score (nSPS) is 34.6. The molecule has 1 aliphatic carbocycles. The summed E-state index contributed by atoms with van der Waals surface area (Å²) in [5.41, 5.74) is 6.08. The Hall–Kier alpha value is -0.650. The molecule has 2 aliphatic rings. The lowest BCUT2D eigenvalue weighted by Gasteiger charge is -2.52. The van der Waals surface area contributed by atoms with Crippen molar-refractivity contribution in [1.29, 1.82) is 0 Å². The Bertz CT molecular complexity index is 285. The minimum atomic E-state index is -0.00558. The summed E-state index contributed by atoms with van der Waals surface area (Å²) in [4.78, 5) is 11.7. The van der Waals surface area contributed by atoms with Gasteiger partial charge in [-0.05, 0) is 19.3 Å². The standard InChI is InChI=1S/C13H24N2O3/c1-2-6-17-8-5-10(16)15-12-11(14)9-4-3-7-18-13(9)12/h9,11-13H,2-8,14H2,1H3,(H,15,16). The molecule has 0 spiro atoms. The number of nitrogens with two attached hydrogens (primary N) is 1. The number of fused-ring (bicyclic) bond motifs is 1. The lowest BCUT2D eigenvalue weighted by atomic mass is 9.68. The summed E-state index contributed by atoms with van der Waals surface area (Å²) in [6, 6.07) is 0.0461. The van der Waals surface area contributed by atoms with Crippen LogP contribution in [0.3, 0.4) is 0 Å². The van der Waals surface area contributed by atoms with Gasteiger partial charge in [0.25, 0.3) is 0 Å². The maximum absolute atomic E-state index is 11.7. The Kier molecular flexibility index (Phi) is 4.97. The first-order valence-corrected chi connectivity index (χ1v) is 6.98. The van der Waals surface area contributed by atoms with Crippen LogP contribution in [0.4, 0.5) is 0 Å². The number of hydrogen-bond donors (Lipinski definition) is 2. The van der Waals surface area contributed by atoms with Crippen LogP contribution in [0.2, 0.25) is 0 Å². The van der Waals surface area contributed by atoms with Crippen molar-refractivity contribution in [2.45, 2.75) is 50.8 Å². The number of carbonyl (C=O) groups excluding carboxylic acids is 1. The minimum absolute atomic E-state index is 0.00558. The lowest BCUT2D eigenvalue weighted by Crippen LogP contribution is -2.72. The first-order chi connectivity index (χ1) is 8.74. The Balaban J connectivity index is 1.68. The second-order valence-electron chi connectivity index (χ2n) is 5.17. The van der Waals surface area contributed by atoms with E-state index in [4.69, 9.17) is 15.2 Å². The summed E-state index contributed by atoms with van der Waals surface area (Å²) < 4.78 is 11.0. The van der Waals surface area contributed by atoms with E-state index < -0.39 is 0 Å². The highest BCUT2D eigenvalue weighted by atomic mass is 16.5. The molecule has 4 atom stereocenters. The van der Waals surface area contributed by atoms with Crippen molar-refractivity contribution in [3.8, 4) is 0 Å². The zero-order valence-corrected chi connectivity index (χ0v) is 11.1. The molecule has 1 saturated carbocycles. The topological polar surface area (TPSA) is 73.6 Å². The monoisotopic (exact) mass is 256 g/mol. The van der Waals surface area contributed by atoms with Crippen molar-refractivity contribution in [2.75, 3.05) is 19.8 Å². The lowest BCUT2D eigenvalue weighted by molar-refractivity contribution is -0.140. The van der Waals surface area contributed by atoms with E-state index in [2.05, 4.69) is 5.32 Å². The van der Waals surface area contributed by atoms with Gasteiger partial charge in [0.2, 0.25) is 5.91 Å². The number of nitrogens with one attached hydrogen (secondary N) is 1. The highest BCUT2D eigenvalue weighted by molar-refractivity contribution is 5.76. The highest BCUT2D eigenvalue weighted by Crippen LogP contribution is 2.36. The third kappa shape index (κ3) is 3.02. The van der Waals surface area contributed by atoms with Gasteiger partial charge >= 0.3 is 0 Å². The molecule has 1 aliphatic heterocycles. The molecule has 0 bridgehead atoms. The van der Waals surface area contributed by atoms with Gasteiger partial charge in [-0.3, -0.25) is 4.79 Å². The Labute approximate surface area is 108 Å². The van der Waals surface area contributed by atoms with E-state index in [9.17, 15) is 4.79 Å². The maximum Gasteiger partial charge on any atom is 0.222 e. The highest BCUT2D eigenvalue weighted by Gasteiger charge is 2.50. The number of hydrogen-bond acceptors (Lipinski definition) is 4. The van der Waals surface area contributed by atoms with E-state index in [1.54, 1.807) is 0 Å². The van der Waals surface area contributed by atoms with E-state index in [1.807, 2.05) is 6.92 Å². The second-order valence-corrected chi connectivity index (χ2v) is 5.17. The van der Waals surface area contributed by atoms with Crippen LogP contribution in [-0.4, -0.2) is 43.9 Å². The van der Waals surface area contributed by atoms with Gasteiger partial charge in [0.1, 0.15) is 0 Å². The van der Waals surface area contributed by atoms with Crippen molar-refractivity contribution < 1.29 is 14.3 Å². The maximum atomic E-state index is 11.7. The van der Waals surface area contributed by atoms with E-state index in [0.29, 0.717) is 25.6 Å². The Morgan fingerprint density at radius 1 is 1.50 bits per heavy atom. The second kappa shape index (κ2) is 6.50. The number of rotatable bonds is 6. The first-order valence-electron chi connectivity index (χ1n) is 6.98. The van der Waals surface area contributed by atoms with Crippen LogP contribution in [-0.2, 0) is 14.3 Å². The smallest absolute Gasteiger partial charge is 0.222 e. The van der Waals surface area contributed by atoms with E-state index in [-0.39, 0.29) is 24.1 Å². The molecule has 1 saturated heterocycles. The molecular weight excluding hydrogens is 232 g/mol. The van der Waals surface area contributed by atoms with E-state index >= 15 is 0 Å². The average molecular weight is 256 g/mol. The molecule has 0 radical (unpaired) electrons. The molecule has 1 heterocycles. The van der Waals surface area contributed by atoms with Crippen molar-refractivity contribution in [1.82, 2.24) is 5.32 Å². The molecule has 2 rings (SSSR count). The summed E-state index contributed by atoms with van der Waals surface area (Å²) in [5.74, 6) is 0.444. The zero-order valence-electron chi connectivity index (χ0n) is 11.1. The molecule has 5 heteroatoms. The molecule has 0 aromatic rings. The summed E-state index contributed by atoms with van der Waals surface area (Å²) in [6.45, 7) is 4.04. The average Bonchev–Trinajstić information content (AvgIpc) is 2.40. The first kappa shape index (κ1) is 13.8. The third-order valence-electron chi connectivity index (χ3n) is 3.83. The zero-order chi connectivity index (χ0) is 13.0. The van der Waals surface area contributed by atoms with Crippen LogP contribution >= 0.6 is 0 Å². The Morgan fingerprint density at radius 2 is 2.33 bits per heavy atom. The van der Waals surface area contributed by atoms with Crippen LogP contribution in [0.5, 0.6) is 0 Å². The molecule has 104 valence electrons. The molecule has 2 fully saturated rings. The van der Waals surface area contributed by atoms with Crippen LogP contribution in [0.25, 0.3) is 0 Å². The van der Waals surface area contributed by atoms with Gasteiger partial charge in [-0.1, -0.05) is 6.92 Å². The molecule has 0 aromatic carbocycles. The van der Waals surface area contributed by atoms with Crippen molar-refractivity contribution in [2.24, 2.45) is 11.7 Å². The van der Waals surface area contributed by atoms with Crippen LogP contribution in [0.1, 0.15) is 32.6 Å². The van der Waals surface area contributed by atoms with Gasteiger partial charge in [0.15, 0.2) is 0 Å². The predicted octanol–water partition coefficient (Wildman–Crippen LogP) is 0.424. The number of carbonyl (C=O) groups is 1. The SMILES string of the molecule is CCCOCCC(=O)NC1C(N)C2CCCOC21. The Morgan fingerprint density at radius 3 is 3.11 bits per heavy atom. The van der Waals surface area contributed by atoms with Gasteiger partial charge in [0, 0.05) is 31.6 Å². The summed E-state index contributed by atoms with van der Waals surface area (Å²) in [6.07, 6.45) is 3.72. The van der Waals surface area contributed by atoms with Gasteiger partial charge < -0.3 is 20.5 Å². The van der Waals surface area contributed by atoms with Crippen molar-refractivity contribution in [3.05, 3.63) is 0 Å². The molecular formula is C13H24N2O3. The van der Waals surface area contributed by atoms with E-state index in [1.165, 1.54) is 0 Å². The van der Waals surface area contributed by atoms with Gasteiger partial charge in [0.05, 0.1) is 18.8 Å². The minimum Gasteiger partial charge on any atom is -0.381 e. The molecule has 0 aromatic heterocycles. The summed E-state index contributed by atoms with van der Waals surface area (Å²) >= 11 is 0. The fraction of sp³-hybridized carbons (Fsp3) is 0.923. The number of amides is 1. The van der Waals surface area contributed by atoms with Gasteiger partial charge in [-0.15, -0.1) is 0 Å². The fourth-order valence-corrected chi connectivity index (χ4v) is 2.80. The quantitative estimate of drug-likeness (QED) is 0.676. The summed E-state index contributed by atoms with van der Waals surface area (Å²) in [7, 11) is 0. The van der Waals surface area contributed by atoms with Gasteiger partial charge in [-0.2, -0.15) is 0 Å². The predicted molar refractivity (Wildman–Crippen MR) is 68.1 cm³/mol.